The van der Waals surface area contributed by atoms with Gasteiger partial charge in [-0.05, 0) is 6.92 Å². The number of urea groups is 1. The highest BCUT2D eigenvalue weighted by Gasteiger charge is 2.10. The lowest BCUT2D eigenvalue weighted by Gasteiger charge is -2.08. The van der Waals surface area contributed by atoms with E-state index in [9.17, 15) is 9.59 Å². The molecule has 0 fully saturated rings. The van der Waals surface area contributed by atoms with E-state index in [0.717, 1.165) is 0 Å². The Bertz CT molecular complexity index is 146. The molecule has 0 aromatic rings. The van der Waals surface area contributed by atoms with Crippen molar-refractivity contribution in [2.45, 2.75) is 13.0 Å². The van der Waals surface area contributed by atoms with Crippen molar-refractivity contribution in [3.8, 4) is 0 Å². The van der Waals surface area contributed by atoms with Crippen LogP contribution < -0.4 is 16.4 Å². The van der Waals surface area contributed by atoms with Crippen LogP contribution in [-0.2, 0) is 4.79 Å². The Kier molecular flexibility index (Phi) is 3.24. The van der Waals surface area contributed by atoms with E-state index in [2.05, 4.69) is 10.6 Å². The van der Waals surface area contributed by atoms with Crippen LogP contribution in [0.1, 0.15) is 6.92 Å². The van der Waals surface area contributed by atoms with Crippen LogP contribution in [0.2, 0.25) is 0 Å². The van der Waals surface area contributed by atoms with Gasteiger partial charge in [-0.2, -0.15) is 0 Å². The van der Waals surface area contributed by atoms with Gasteiger partial charge in [0.15, 0.2) is 0 Å². The summed E-state index contributed by atoms with van der Waals surface area (Å²) in [6.07, 6.45) is 0. The van der Waals surface area contributed by atoms with Gasteiger partial charge in [-0.15, -0.1) is 0 Å². The van der Waals surface area contributed by atoms with Gasteiger partial charge < -0.3 is 16.4 Å². The van der Waals surface area contributed by atoms with Gasteiger partial charge in [0.25, 0.3) is 0 Å². The highest BCUT2D eigenvalue weighted by Crippen LogP contribution is 1.78. The molecular weight excluding hydrogens is 134 g/mol. The third-order valence-corrected chi connectivity index (χ3v) is 0.998. The third kappa shape index (κ3) is 2.91. The number of hydrogen-bond acceptors (Lipinski definition) is 2. The largest absolute Gasteiger partial charge is 0.357 e. The molecule has 0 saturated carbocycles. The van der Waals surface area contributed by atoms with E-state index < -0.39 is 12.1 Å². The van der Waals surface area contributed by atoms with Gasteiger partial charge in [-0.25, -0.2) is 4.79 Å². The normalized spacial score (nSPS) is 11.8. The first-order valence-corrected chi connectivity index (χ1v) is 2.85. The molecule has 5 heteroatoms. The van der Waals surface area contributed by atoms with Crippen molar-refractivity contribution in [1.29, 1.82) is 0 Å². The topological polar surface area (TPSA) is 84.2 Å². The average molecular weight is 145 g/mol. The van der Waals surface area contributed by atoms with Crippen molar-refractivity contribution in [2.75, 3.05) is 7.05 Å². The number of nitrogens with one attached hydrogen (secondary N) is 2. The Balaban J connectivity index is 3.72. The molecule has 0 spiro atoms. The molecule has 0 aliphatic rings. The average Bonchev–Trinajstić information content (AvgIpc) is 1.85. The van der Waals surface area contributed by atoms with E-state index in [-0.39, 0.29) is 5.91 Å². The molecule has 0 aliphatic carbocycles. The number of amides is 3. The molecule has 3 amide bonds. The molecule has 0 unspecified atom stereocenters. The van der Waals surface area contributed by atoms with Crippen LogP contribution in [0.3, 0.4) is 0 Å². The van der Waals surface area contributed by atoms with Crippen LogP contribution in [-0.4, -0.2) is 25.0 Å². The molecule has 0 rings (SSSR count). The molecule has 0 aromatic heterocycles. The van der Waals surface area contributed by atoms with Gasteiger partial charge in [0.2, 0.25) is 5.91 Å². The second kappa shape index (κ2) is 3.71. The highest BCUT2D eigenvalue weighted by atomic mass is 16.2. The van der Waals surface area contributed by atoms with Crippen molar-refractivity contribution in [3.05, 3.63) is 0 Å². The third-order valence-electron chi connectivity index (χ3n) is 0.998. The number of nitrogens with two attached hydrogens (primary N) is 1. The molecule has 0 heterocycles. The first-order valence-electron chi connectivity index (χ1n) is 2.85. The summed E-state index contributed by atoms with van der Waals surface area (Å²) >= 11 is 0. The van der Waals surface area contributed by atoms with Crippen LogP contribution in [0.25, 0.3) is 0 Å². The van der Waals surface area contributed by atoms with E-state index >= 15 is 0 Å². The Morgan fingerprint density at radius 2 is 2.00 bits per heavy atom. The van der Waals surface area contributed by atoms with Crippen LogP contribution >= 0.6 is 0 Å². The monoisotopic (exact) mass is 145 g/mol. The fourth-order valence-electron chi connectivity index (χ4n) is 0.495. The van der Waals surface area contributed by atoms with E-state index in [1.165, 1.54) is 7.05 Å². The smallest absolute Gasteiger partial charge is 0.312 e. The quantitative estimate of drug-likeness (QED) is 0.455. The van der Waals surface area contributed by atoms with Gasteiger partial charge in [0.1, 0.15) is 6.04 Å². The fraction of sp³-hybridized carbons (Fsp3) is 0.600. The number of carbonyl (C=O) groups excluding carboxylic acids is 2. The minimum Gasteiger partial charge on any atom is -0.357 e. The maximum absolute atomic E-state index is 10.7. The second-order valence-corrected chi connectivity index (χ2v) is 1.84. The van der Waals surface area contributed by atoms with Gasteiger partial charge in [0.05, 0.1) is 0 Å². The molecule has 10 heavy (non-hydrogen) atoms. The van der Waals surface area contributed by atoms with Crippen LogP contribution in [0, 0.1) is 0 Å². The summed E-state index contributed by atoms with van der Waals surface area (Å²) in [6.45, 7) is 1.55. The minimum atomic E-state index is -0.698. The molecule has 1 atom stereocenters. The van der Waals surface area contributed by atoms with Crippen molar-refractivity contribution in [3.63, 3.8) is 0 Å². The summed E-state index contributed by atoms with van der Waals surface area (Å²) in [5, 5.41) is 4.58. The zero-order valence-corrected chi connectivity index (χ0v) is 5.97. The van der Waals surface area contributed by atoms with Gasteiger partial charge in [0, 0.05) is 7.05 Å². The molecule has 0 bridgehead atoms. The maximum Gasteiger partial charge on any atom is 0.312 e. The molecule has 0 saturated heterocycles. The molecule has 0 aromatic carbocycles. The molecule has 0 radical (unpaired) electrons. The highest BCUT2D eigenvalue weighted by molar-refractivity contribution is 5.85. The summed E-state index contributed by atoms with van der Waals surface area (Å²) in [6, 6.07) is -1.27. The molecule has 58 valence electrons. The van der Waals surface area contributed by atoms with E-state index in [1.807, 2.05) is 0 Å². The van der Waals surface area contributed by atoms with Crippen molar-refractivity contribution in [1.82, 2.24) is 10.6 Å². The van der Waals surface area contributed by atoms with Crippen LogP contribution in [0.4, 0.5) is 4.79 Å². The molecule has 0 aliphatic heterocycles. The first-order chi connectivity index (χ1) is 4.57. The zero-order chi connectivity index (χ0) is 8.15. The van der Waals surface area contributed by atoms with Crippen molar-refractivity contribution >= 4 is 11.9 Å². The van der Waals surface area contributed by atoms with E-state index in [1.54, 1.807) is 6.92 Å². The molecular formula is C5H11N3O2. The Hall–Kier alpha value is -1.26. The standard InChI is InChI=1S/C5H11N3O2/c1-3(4(9)7-2)8-5(6)10/h3H,1-2H3,(H,7,9)(H3,6,8,10)/t3-/m1/s1. The number of likely N-dealkylation sites (N-methyl/N-ethyl adjacent to an activating group) is 1. The number of rotatable bonds is 2. The molecule has 5 nitrogen and oxygen atoms in total. The number of primary amides is 1. The van der Waals surface area contributed by atoms with Crippen molar-refractivity contribution in [2.24, 2.45) is 5.73 Å². The summed E-state index contributed by atoms with van der Waals surface area (Å²) in [4.78, 5) is 20.8. The summed E-state index contributed by atoms with van der Waals surface area (Å²) in [5.41, 5.74) is 4.76. The number of carbonyl (C=O) groups is 2. The number of hydrogen-bond donors (Lipinski definition) is 3. The summed E-state index contributed by atoms with van der Waals surface area (Å²) < 4.78 is 0. The lowest BCUT2D eigenvalue weighted by molar-refractivity contribution is -0.122. The lowest BCUT2D eigenvalue weighted by Crippen LogP contribution is -2.45. The second-order valence-electron chi connectivity index (χ2n) is 1.84. The SMILES string of the molecule is CNC(=O)[C@@H](C)NC(N)=O. The lowest BCUT2D eigenvalue weighted by atomic mass is 10.3. The van der Waals surface area contributed by atoms with E-state index in [0.29, 0.717) is 0 Å². The van der Waals surface area contributed by atoms with Gasteiger partial charge in [-0.3, -0.25) is 4.79 Å². The predicted octanol–water partition coefficient (Wildman–Crippen LogP) is -1.21. The first kappa shape index (κ1) is 8.74. The van der Waals surface area contributed by atoms with Gasteiger partial charge >= 0.3 is 6.03 Å². The zero-order valence-electron chi connectivity index (χ0n) is 5.97. The van der Waals surface area contributed by atoms with Crippen molar-refractivity contribution < 1.29 is 9.59 Å². The summed E-state index contributed by atoms with van der Waals surface area (Å²) in [5.74, 6) is -0.265. The summed E-state index contributed by atoms with van der Waals surface area (Å²) in [7, 11) is 1.49. The molecule has 4 N–H and O–H groups in total. The Morgan fingerprint density at radius 1 is 1.50 bits per heavy atom. The predicted molar refractivity (Wildman–Crippen MR) is 36.2 cm³/mol. The fourth-order valence-corrected chi connectivity index (χ4v) is 0.495. The van der Waals surface area contributed by atoms with E-state index in [4.69, 9.17) is 5.73 Å². The van der Waals surface area contributed by atoms with Crippen LogP contribution in [0.5, 0.6) is 0 Å². The Morgan fingerprint density at radius 3 is 2.30 bits per heavy atom. The van der Waals surface area contributed by atoms with Crippen LogP contribution in [0.15, 0.2) is 0 Å². The maximum atomic E-state index is 10.7. The minimum absolute atomic E-state index is 0.265. The Labute approximate surface area is 59.0 Å². The van der Waals surface area contributed by atoms with Gasteiger partial charge in [-0.1, -0.05) is 0 Å².